The van der Waals surface area contributed by atoms with E-state index in [9.17, 15) is 18.0 Å². The van der Waals surface area contributed by atoms with Crippen LogP contribution in [-0.2, 0) is 10.9 Å². The number of rotatable bonds is 5. The lowest BCUT2D eigenvalue weighted by atomic mass is 10.0. The highest BCUT2D eigenvalue weighted by Gasteiger charge is 2.31. The zero-order valence-corrected chi connectivity index (χ0v) is 19.3. The molecule has 36 heavy (non-hydrogen) atoms. The van der Waals surface area contributed by atoms with Crippen molar-refractivity contribution in [2.75, 3.05) is 31.2 Å². The molecule has 3 aromatic heterocycles. The first-order valence-electron chi connectivity index (χ1n) is 11.4. The fourth-order valence-electron chi connectivity index (χ4n) is 4.14. The molecule has 1 amide bonds. The molecule has 4 aromatic rings. The number of hydrogen-bond acceptors (Lipinski definition) is 6. The molecule has 1 saturated heterocycles. The van der Waals surface area contributed by atoms with Gasteiger partial charge in [0.25, 0.3) is 5.91 Å². The van der Waals surface area contributed by atoms with Gasteiger partial charge in [-0.1, -0.05) is 12.1 Å². The van der Waals surface area contributed by atoms with Crippen LogP contribution in [0.2, 0.25) is 0 Å². The Morgan fingerprint density at radius 2 is 1.86 bits per heavy atom. The van der Waals surface area contributed by atoms with Gasteiger partial charge in [0.2, 0.25) is 5.82 Å². The van der Waals surface area contributed by atoms with Crippen LogP contribution in [0.4, 0.5) is 18.9 Å². The van der Waals surface area contributed by atoms with E-state index in [1.807, 2.05) is 12.4 Å². The van der Waals surface area contributed by atoms with Crippen molar-refractivity contribution in [3.8, 4) is 11.1 Å². The summed E-state index contributed by atoms with van der Waals surface area (Å²) in [5, 5.41) is 3.56. The molecule has 0 spiro atoms. The Bertz CT molecular complexity index is 1380. The van der Waals surface area contributed by atoms with E-state index < -0.39 is 23.7 Å². The molecule has 0 aliphatic carbocycles. The van der Waals surface area contributed by atoms with Gasteiger partial charge in [-0.05, 0) is 30.7 Å². The van der Waals surface area contributed by atoms with E-state index in [1.165, 1.54) is 12.1 Å². The van der Waals surface area contributed by atoms with E-state index in [0.29, 0.717) is 24.3 Å². The van der Waals surface area contributed by atoms with E-state index >= 15 is 0 Å². The molecule has 11 heteroatoms. The number of nitrogens with zero attached hydrogens (tertiary/aromatic N) is 4. The van der Waals surface area contributed by atoms with Crippen molar-refractivity contribution in [3.63, 3.8) is 0 Å². The number of aromatic nitrogens is 4. The van der Waals surface area contributed by atoms with Crippen LogP contribution in [0.5, 0.6) is 0 Å². The molecular weight excluding hydrogens is 473 g/mol. The van der Waals surface area contributed by atoms with Crippen molar-refractivity contribution < 1.29 is 22.7 Å². The first-order chi connectivity index (χ1) is 17.3. The predicted molar refractivity (Wildman–Crippen MR) is 127 cm³/mol. The third-order valence-corrected chi connectivity index (χ3v) is 6.12. The third-order valence-electron chi connectivity index (χ3n) is 6.12. The number of aromatic amines is 1. The fourth-order valence-corrected chi connectivity index (χ4v) is 4.14. The van der Waals surface area contributed by atoms with Crippen molar-refractivity contribution in [3.05, 3.63) is 72.1 Å². The number of carbonyl (C=O) groups excluding carboxylic acids is 1. The number of fused-ring (bicyclic) bond motifs is 1. The molecule has 1 unspecified atom stereocenters. The average molecular weight is 496 g/mol. The summed E-state index contributed by atoms with van der Waals surface area (Å²) in [7, 11) is 0. The fraction of sp³-hybridized carbons (Fsp3) is 0.280. The number of benzene rings is 1. The van der Waals surface area contributed by atoms with Gasteiger partial charge in [-0.25, -0.2) is 15.0 Å². The van der Waals surface area contributed by atoms with Gasteiger partial charge in [0.15, 0.2) is 0 Å². The minimum Gasteiger partial charge on any atom is -0.378 e. The Balaban J connectivity index is 1.32. The number of anilines is 1. The van der Waals surface area contributed by atoms with E-state index in [1.54, 1.807) is 19.3 Å². The zero-order chi connectivity index (χ0) is 25.3. The van der Waals surface area contributed by atoms with Crippen LogP contribution in [0.15, 0.2) is 55.1 Å². The molecule has 8 nitrogen and oxygen atoms in total. The standard InChI is InChI=1S/C25H23F3N6O2/c1-15(16-3-2-4-18(9-16)25(26,27)28)33-24(35)23-29-11-17(12-30-23)21-14-32-22-20(21)10-19(13-31-22)34-5-7-36-8-6-34/h2-4,9-15H,5-8H2,1H3,(H,31,32)(H,33,35). The SMILES string of the molecule is CC(NC(=O)c1ncc(-c2c[nH]c3ncc(N4CCOCC4)cc23)cn1)c1cccc(C(F)(F)F)c1. The van der Waals surface area contributed by atoms with Crippen LogP contribution in [0.1, 0.15) is 34.7 Å². The van der Waals surface area contributed by atoms with E-state index in [2.05, 4.69) is 36.2 Å². The predicted octanol–water partition coefficient (Wildman–Crippen LogP) is 4.37. The molecule has 0 radical (unpaired) electrons. The van der Waals surface area contributed by atoms with E-state index in [0.717, 1.165) is 47.5 Å². The van der Waals surface area contributed by atoms with Gasteiger partial charge in [-0.2, -0.15) is 13.2 Å². The van der Waals surface area contributed by atoms with Crippen LogP contribution in [0.25, 0.3) is 22.2 Å². The number of alkyl halides is 3. The van der Waals surface area contributed by atoms with Gasteiger partial charge in [-0.3, -0.25) is 4.79 Å². The normalized spacial score (nSPS) is 15.2. The molecule has 0 saturated carbocycles. The van der Waals surface area contributed by atoms with Crippen molar-refractivity contribution in [1.82, 2.24) is 25.3 Å². The second-order valence-electron chi connectivity index (χ2n) is 8.51. The number of pyridine rings is 1. The molecule has 186 valence electrons. The summed E-state index contributed by atoms with van der Waals surface area (Å²) in [6.45, 7) is 4.52. The topological polar surface area (TPSA) is 96.0 Å². The highest BCUT2D eigenvalue weighted by molar-refractivity contribution is 5.95. The zero-order valence-electron chi connectivity index (χ0n) is 19.3. The van der Waals surface area contributed by atoms with Gasteiger partial charge >= 0.3 is 6.18 Å². The molecule has 2 N–H and O–H groups in total. The van der Waals surface area contributed by atoms with Crippen LogP contribution >= 0.6 is 0 Å². The van der Waals surface area contributed by atoms with E-state index in [4.69, 9.17) is 4.74 Å². The summed E-state index contributed by atoms with van der Waals surface area (Å²) in [6, 6.07) is 6.24. The Kier molecular flexibility index (Phi) is 6.31. The van der Waals surface area contributed by atoms with Gasteiger partial charge in [-0.15, -0.1) is 0 Å². The maximum atomic E-state index is 13.0. The number of hydrogen-bond donors (Lipinski definition) is 2. The number of amides is 1. The van der Waals surface area contributed by atoms with Crippen LogP contribution in [0, 0.1) is 0 Å². The lowest BCUT2D eigenvalue weighted by molar-refractivity contribution is -0.137. The Labute approximate surface area is 204 Å². The molecule has 1 fully saturated rings. The molecular formula is C25H23F3N6O2. The highest BCUT2D eigenvalue weighted by Crippen LogP contribution is 2.31. The van der Waals surface area contributed by atoms with Gasteiger partial charge in [0.05, 0.1) is 36.7 Å². The first-order valence-corrected chi connectivity index (χ1v) is 11.4. The minimum absolute atomic E-state index is 0.0791. The Hall–Kier alpha value is -3.99. The molecule has 1 aliphatic heterocycles. The van der Waals surface area contributed by atoms with Gasteiger partial charge in [0.1, 0.15) is 5.65 Å². The quantitative estimate of drug-likeness (QED) is 0.426. The molecule has 1 atom stereocenters. The number of carbonyl (C=O) groups is 1. The summed E-state index contributed by atoms with van der Waals surface area (Å²) in [5.41, 5.74) is 2.82. The summed E-state index contributed by atoms with van der Waals surface area (Å²) in [5.74, 6) is -0.661. The van der Waals surface area contributed by atoms with Crippen molar-refractivity contribution in [2.24, 2.45) is 0 Å². The highest BCUT2D eigenvalue weighted by atomic mass is 19.4. The largest absolute Gasteiger partial charge is 0.416 e. The number of nitrogens with one attached hydrogen (secondary N) is 2. The summed E-state index contributed by atoms with van der Waals surface area (Å²) < 4.78 is 44.4. The lowest BCUT2D eigenvalue weighted by Crippen LogP contribution is -2.36. The number of morpholine rings is 1. The Morgan fingerprint density at radius 1 is 1.11 bits per heavy atom. The van der Waals surface area contributed by atoms with Crippen molar-refractivity contribution in [1.29, 1.82) is 0 Å². The number of halogens is 3. The second kappa shape index (κ2) is 9.57. The summed E-state index contributed by atoms with van der Waals surface area (Å²) >= 11 is 0. The summed E-state index contributed by atoms with van der Waals surface area (Å²) in [4.78, 5) is 30.9. The molecule has 4 heterocycles. The van der Waals surface area contributed by atoms with E-state index in [-0.39, 0.29) is 5.82 Å². The summed E-state index contributed by atoms with van der Waals surface area (Å²) in [6.07, 6.45) is 2.26. The van der Waals surface area contributed by atoms with Crippen LogP contribution < -0.4 is 10.2 Å². The monoisotopic (exact) mass is 496 g/mol. The lowest BCUT2D eigenvalue weighted by Gasteiger charge is -2.28. The molecule has 1 aromatic carbocycles. The van der Waals surface area contributed by atoms with Crippen LogP contribution in [-0.4, -0.2) is 52.1 Å². The Morgan fingerprint density at radius 3 is 2.58 bits per heavy atom. The van der Waals surface area contributed by atoms with Gasteiger partial charge < -0.3 is 19.9 Å². The molecule has 1 aliphatic rings. The molecule has 0 bridgehead atoms. The smallest absolute Gasteiger partial charge is 0.378 e. The number of H-pyrrole nitrogens is 1. The second-order valence-corrected chi connectivity index (χ2v) is 8.51. The first kappa shape index (κ1) is 23.7. The minimum atomic E-state index is -4.46. The maximum absolute atomic E-state index is 13.0. The third kappa shape index (κ3) is 4.87. The van der Waals surface area contributed by atoms with Crippen LogP contribution in [0.3, 0.4) is 0 Å². The molecule has 5 rings (SSSR count). The average Bonchev–Trinajstić information content (AvgIpc) is 3.32. The number of ether oxygens (including phenoxy) is 1. The van der Waals surface area contributed by atoms with Gasteiger partial charge in [0, 0.05) is 48.2 Å². The van der Waals surface area contributed by atoms with Crippen molar-refractivity contribution in [2.45, 2.75) is 19.1 Å². The van der Waals surface area contributed by atoms with Crippen molar-refractivity contribution >= 4 is 22.6 Å². The maximum Gasteiger partial charge on any atom is 0.416 e.